The van der Waals surface area contributed by atoms with Crippen molar-refractivity contribution in [2.45, 2.75) is 98.3 Å². The Labute approximate surface area is 311 Å². The maximum atomic E-state index is 12.8. The summed E-state index contributed by atoms with van der Waals surface area (Å²) in [5.74, 6) is 1.02. The molecule has 1 aromatic carbocycles. The van der Waals surface area contributed by atoms with Crippen LogP contribution in [0.2, 0.25) is 0 Å². The first-order valence-corrected chi connectivity index (χ1v) is 20.4. The summed E-state index contributed by atoms with van der Waals surface area (Å²) >= 11 is 1.58. The molecule has 0 amide bonds. The molecule has 8 nitrogen and oxygen atoms in total. The molecule has 1 unspecified atom stereocenters. The van der Waals surface area contributed by atoms with Gasteiger partial charge < -0.3 is 9.47 Å². The summed E-state index contributed by atoms with van der Waals surface area (Å²) in [6.45, 7) is 26.6. The molecule has 282 valence electrons. The minimum atomic E-state index is -4.73. The Bertz CT molecular complexity index is 1840. The molecule has 0 bridgehead atoms. The smallest absolute Gasteiger partial charge is 0.287 e. The quantitative estimate of drug-likeness (QED) is 0.0824. The molecular weight excluding hydrogens is 705 g/mol. The van der Waals surface area contributed by atoms with Gasteiger partial charge in [-0.2, -0.15) is 16.8 Å². The zero-order valence-electron chi connectivity index (χ0n) is 32.0. The number of ether oxygens (including phenoxy) is 2. The third kappa shape index (κ3) is 13.6. The molecule has 1 aliphatic carbocycles. The average Bonchev–Trinajstić information content (AvgIpc) is 3.20. The van der Waals surface area contributed by atoms with Crippen molar-refractivity contribution >= 4 is 32.0 Å². The molecule has 0 fully saturated rings. The van der Waals surface area contributed by atoms with E-state index < -0.39 is 36.0 Å². The molecule has 0 heterocycles. The summed E-state index contributed by atoms with van der Waals surface area (Å²) in [6.07, 6.45) is 17.9. The van der Waals surface area contributed by atoms with Gasteiger partial charge in [0.1, 0.15) is 27.6 Å². The fraction of sp³-hybridized carbons (Fsp3) is 0.400. The fourth-order valence-electron chi connectivity index (χ4n) is 4.27. The first-order valence-electron chi connectivity index (χ1n) is 16.6. The molecule has 0 aromatic heterocycles. The average molecular weight is 761 g/mol. The first-order chi connectivity index (χ1) is 23.4. The van der Waals surface area contributed by atoms with E-state index in [0.717, 1.165) is 9.80 Å². The van der Waals surface area contributed by atoms with Crippen molar-refractivity contribution < 1.29 is 35.4 Å². The molecule has 1 aromatic rings. The second kappa shape index (κ2) is 18.4. The Balaban J connectivity index is 0.00000638. The van der Waals surface area contributed by atoms with Crippen LogP contribution in [-0.2, 0) is 25.0 Å². The zero-order chi connectivity index (χ0) is 39.5. The van der Waals surface area contributed by atoms with E-state index >= 15 is 0 Å². The number of hydrogen-bond donors (Lipinski definition) is 2. The van der Waals surface area contributed by atoms with Crippen LogP contribution in [0.1, 0.15) is 83.1 Å². The van der Waals surface area contributed by atoms with Crippen LogP contribution in [0, 0.1) is 10.8 Å². The van der Waals surface area contributed by atoms with Gasteiger partial charge in [0.15, 0.2) is 0 Å². The predicted molar refractivity (Wildman–Crippen MR) is 214 cm³/mol. The van der Waals surface area contributed by atoms with Crippen LogP contribution in [0.15, 0.2) is 136 Å². The van der Waals surface area contributed by atoms with Gasteiger partial charge in [-0.15, -0.1) is 0 Å². The van der Waals surface area contributed by atoms with Crippen molar-refractivity contribution in [1.29, 1.82) is 0 Å². The monoisotopic (exact) mass is 760 g/mol. The normalized spacial score (nSPS) is 18.5. The molecule has 2 N–H and O–H groups in total. The topological polar surface area (TPSA) is 127 Å². The third-order valence-electron chi connectivity index (χ3n) is 8.43. The Morgan fingerprint density at radius 2 is 1.47 bits per heavy atom. The van der Waals surface area contributed by atoms with Crippen LogP contribution >= 0.6 is 11.8 Å². The van der Waals surface area contributed by atoms with E-state index in [2.05, 4.69) is 6.58 Å². The lowest BCUT2D eigenvalue weighted by atomic mass is 9.75. The van der Waals surface area contributed by atoms with Gasteiger partial charge in [0.05, 0.1) is 5.41 Å². The van der Waals surface area contributed by atoms with Gasteiger partial charge in [0.2, 0.25) is 0 Å². The van der Waals surface area contributed by atoms with Gasteiger partial charge in [-0.25, -0.2) is 0 Å². The number of rotatable bonds is 14. The van der Waals surface area contributed by atoms with E-state index in [4.69, 9.17) is 9.47 Å². The Hall–Kier alpha value is -3.35. The van der Waals surface area contributed by atoms with Crippen LogP contribution in [0.3, 0.4) is 0 Å². The lowest BCUT2D eigenvalue weighted by Crippen LogP contribution is -2.39. The minimum Gasteiger partial charge on any atom is -0.487 e. The summed E-state index contributed by atoms with van der Waals surface area (Å²) < 4.78 is 79.6. The zero-order valence-corrected chi connectivity index (χ0v) is 34.5. The molecule has 0 aliphatic heterocycles. The highest BCUT2D eigenvalue weighted by atomic mass is 32.2. The largest absolute Gasteiger partial charge is 0.487 e. The van der Waals surface area contributed by atoms with Crippen molar-refractivity contribution in [3.63, 3.8) is 0 Å². The molecule has 51 heavy (non-hydrogen) atoms. The molecular formula is C40H56O8S3. The van der Waals surface area contributed by atoms with Gasteiger partial charge >= 0.3 is 0 Å². The predicted octanol–water partition coefficient (Wildman–Crippen LogP) is 11.0. The number of allylic oxidation sites excluding steroid dienone is 11. The van der Waals surface area contributed by atoms with Gasteiger partial charge in [-0.05, 0) is 100 Å². The molecule has 0 saturated carbocycles. The molecule has 1 atom stereocenters. The van der Waals surface area contributed by atoms with E-state index in [1.54, 1.807) is 62.0 Å². The molecule has 0 spiro atoms. The van der Waals surface area contributed by atoms with Crippen LogP contribution < -0.4 is 4.74 Å². The van der Waals surface area contributed by atoms with Gasteiger partial charge in [0.25, 0.3) is 20.2 Å². The lowest BCUT2D eigenvalue weighted by molar-refractivity contribution is -0.0475. The molecule has 11 heteroatoms. The van der Waals surface area contributed by atoms with Crippen molar-refractivity contribution in [1.82, 2.24) is 0 Å². The Kier molecular flexibility index (Phi) is 16.5. The summed E-state index contributed by atoms with van der Waals surface area (Å²) in [4.78, 5) is 2.06. The van der Waals surface area contributed by atoms with Crippen molar-refractivity contribution in [2.24, 2.45) is 10.8 Å². The molecule has 2 rings (SSSR count). The molecule has 1 aliphatic rings. The highest BCUT2D eigenvalue weighted by Crippen LogP contribution is 2.42. The third-order valence-corrected chi connectivity index (χ3v) is 11.4. The summed E-state index contributed by atoms with van der Waals surface area (Å²) in [5.41, 5.74) is -1.16. The first kappa shape index (κ1) is 45.7. The van der Waals surface area contributed by atoms with Crippen LogP contribution in [0.5, 0.6) is 5.75 Å². The second-order valence-electron chi connectivity index (χ2n) is 13.7. The fourth-order valence-corrected chi connectivity index (χ4v) is 5.99. The maximum Gasteiger partial charge on any atom is 0.287 e. The van der Waals surface area contributed by atoms with Crippen LogP contribution in [0.25, 0.3) is 0 Å². The minimum absolute atomic E-state index is 0.163. The van der Waals surface area contributed by atoms with E-state index in [1.165, 1.54) is 31.2 Å². The SMILES string of the molecule is C=C\C(=C/C=C(\C=C\S(=O)(=O)O)C(C)(C)C1=CC(C)(S(=O)(=O)O)C=C(Oc2ccc(SC(/C=C\C)=C/C)cc2)C=C1)OC(C)(C)C(C)(C)C.CC. The standard InChI is InChI=1S/C38H50O8S3.C2H6/c1-12-15-33(14-3)47-34-22-20-31(21-23-34)45-32-19-17-29(26-38(11,27-32)49(42,43)44)36(7,8)28(24-25-48(39,40)41)16-18-30(13-2)46-37(9,10)35(4,5)6;1-2/h12-27H,2H2,1,3-11H3,(H,39,40,41)(H,42,43,44);1-2H3/b15-12-,25-24+,28-16+,30-18+,33-14+;. The second-order valence-corrected chi connectivity index (χ2v) is 18.0. The van der Waals surface area contributed by atoms with Crippen molar-refractivity contribution in [3.8, 4) is 5.75 Å². The number of hydrogen-bond acceptors (Lipinski definition) is 7. The van der Waals surface area contributed by atoms with Gasteiger partial charge in [0, 0.05) is 20.6 Å². The Morgan fingerprint density at radius 3 is 1.94 bits per heavy atom. The van der Waals surface area contributed by atoms with E-state index in [9.17, 15) is 25.9 Å². The molecule has 0 radical (unpaired) electrons. The van der Waals surface area contributed by atoms with E-state index in [0.29, 0.717) is 28.1 Å². The number of thioether (sulfide) groups is 1. The van der Waals surface area contributed by atoms with Crippen LogP contribution in [0.4, 0.5) is 0 Å². The van der Waals surface area contributed by atoms with Crippen molar-refractivity contribution in [3.05, 3.63) is 131 Å². The summed E-state index contributed by atoms with van der Waals surface area (Å²) in [5, 5.41) is 0.650. The van der Waals surface area contributed by atoms with Gasteiger partial charge in [-0.3, -0.25) is 9.11 Å². The Morgan fingerprint density at radius 1 is 0.882 bits per heavy atom. The maximum absolute atomic E-state index is 12.8. The summed E-state index contributed by atoms with van der Waals surface area (Å²) in [6, 6.07) is 7.31. The van der Waals surface area contributed by atoms with E-state index in [-0.39, 0.29) is 11.2 Å². The molecule has 0 saturated heterocycles. The van der Waals surface area contributed by atoms with E-state index in [1.807, 2.05) is 92.7 Å². The summed E-state index contributed by atoms with van der Waals surface area (Å²) in [7, 11) is -9.25. The van der Waals surface area contributed by atoms with Gasteiger partial charge in [-0.1, -0.05) is 103 Å². The highest BCUT2D eigenvalue weighted by Gasteiger charge is 2.39. The van der Waals surface area contributed by atoms with Crippen molar-refractivity contribution in [2.75, 3.05) is 0 Å². The number of benzene rings is 1. The lowest BCUT2D eigenvalue weighted by Gasteiger charge is -2.39. The van der Waals surface area contributed by atoms with Crippen LogP contribution in [-0.4, -0.2) is 36.3 Å². The highest BCUT2D eigenvalue weighted by molar-refractivity contribution is 8.03.